The molecule has 0 radical (unpaired) electrons. The summed E-state index contributed by atoms with van der Waals surface area (Å²) < 4.78 is 23.4. The number of carbonyl (C=O) groups is 1. The van der Waals surface area contributed by atoms with E-state index < -0.39 is 26.6 Å². The van der Waals surface area contributed by atoms with Crippen LogP contribution in [0.1, 0.15) is 296 Å². The predicted octanol–water partition coefficient (Wildman–Crippen LogP) is 21.8. The topological polar surface area (TPSA) is 108 Å². The fraction of sp³-hybridized carbons (Fsp3) is 0.720. The maximum Gasteiger partial charge on any atom is 0.268 e. The molecule has 0 saturated heterocycles. The van der Waals surface area contributed by atoms with Gasteiger partial charge in [-0.25, -0.2) is 0 Å². The van der Waals surface area contributed by atoms with Crippen LogP contribution in [0.25, 0.3) is 0 Å². The summed E-state index contributed by atoms with van der Waals surface area (Å²) >= 11 is 0. The highest BCUT2D eigenvalue weighted by Crippen LogP contribution is 2.38. The summed E-state index contributed by atoms with van der Waals surface area (Å²) in [6, 6.07) is -0.908. The third-order valence-corrected chi connectivity index (χ3v) is 16.1. The first-order valence-corrected chi connectivity index (χ1v) is 36.4. The number of hydrogen-bond acceptors (Lipinski definition) is 6. The SMILES string of the molecule is CC/C=C\C/C=C\C/C=C\C/C=C\C/C=C\C/C=C\C/C=C\C/C=C\C/C=C\CCCCCCCC(=O)NC(COP(=O)([O-])OCC[N+](C)(C)C)C(O)/C=C/CCCCCCCCCCCCCCCCCCCCCCCCCCCCC. The zero-order valence-corrected chi connectivity index (χ0v) is 56.2. The number of rotatable bonds is 63. The molecule has 484 valence electrons. The Balaban J connectivity index is 4.19. The molecule has 0 saturated carbocycles. The van der Waals surface area contributed by atoms with Gasteiger partial charge in [-0.1, -0.05) is 322 Å². The number of hydrogen-bond donors (Lipinski definition) is 2. The number of quaternary nitrogens is 1. The van der Waals surface area contributed by atoms with E-state index in [4.69, 9.17) is 9.05 Å². The first-order chi connectivity index (χ1) is 41.0. The van der Waals surface area contributed by atoms with Gasteiger partial charge >= 0.3 is 0 Å². The third-order valence-electron chi connectivity index (χ3n) is 15.2. The third kappa shape index (κ3) is 66.4. The first-order valence-electron chi connectivity index (χ1n) is 34.9. The summed E-state index contributed by atoms with van der Waals surface area (Å²) in [6.07, 6.45) is 96.0. The lowest BCUT2D eigenvalue weighted by Gasteiger charge is -2.29. The van der Waals surface area contributed by atoms with Crippen molar-refractivity contribution in [3.8, 4) is 0 Å². The number of phosphoric ester groups is 1. The van der Waals surface area contributed by atoms with Gasteiger partial charge in [0.2, 0.25) is 5.91 Å². The quantitative estimate of drug-likeness (QED) is 0.0272. The number of carbonyl (C=O) groups excluding carboxylic acids is 1. The molecule has 2 N–H and O–H groups in total. The van der Waals surface area contributed by atoms with Gasteiger partial charge in [0.25, 0.3) is 7.82 Å². The van der Waals surface area contributed by atoms with Crippen LogP contribution in [0.5, 0.6) is 0 Å². The van der Waals surface area contributed by atoms with E-state index in [9.17, 15) is 19.4 Å². The van der Waals surface area contributed by atoms with E-state index in [0.29, 0.717) is 17.4 Å². The van der Waals surface area contributed by atoms with Crippen molar-refractivity contribution >= 4 is 13.7 Å². The van der Waals surface area contributed by atoms with Crippen LogP contribution in [0.2, 0.25) is 0 Å². The summed E-state index contributed by atoms with van der Waals surface area (Å²) in [6.45, 7) is 4.54. The molecular formula is C75H133N2O6P. The molecule has 0 heterocycles. The van der Waals surface area contributed by atoms with Crippen molar-refractivity contribution in [3.63, 3.8) is 0 Å². The van der Waals surface area contributed by atoms with Crippen molar-refractivity contribution in [2.75, 3.05) is 40.9 Å². The molecule has 1 amide bonds. The second kappa shape index (κ2) is 64.4. The van der Waals surface area contributed by atoms with E-state index in [1.807, 2.05) is 27.2 Å². The van der Waals surface area contributed by atoms with Gasteiger partial charge in [-0.15, -0.1) is 0 Å². The summed E-state index contributed by atoms with van der Waals surface area (Å²) in [5, 5.41) is 14.0. The fourth-order valence-corrected chi connectivity index (χ4v) is 10.5. The maximum atomic E-state index is 13.0. The van der Waals surface area contributed by atoms with Crippen LogP contribution < -0.4 is 10.2 Å². The predicted molar refractivity (Wildman–Crippen MR) is 366 cm³/mol. The van der Waals surface area contributed by atoms with E-state index in [1.165, 1.54) is 161 Å². The number of nitrogens with one attached hydrogen (secondary N) is 1. The second-order valence-electron chi connectivity index (χ2n) is 24.5. The van der Waals surface area contributed by atoms with Crippen LogP contribution >= 0.6 is 7.82 Å². The number of aliphatic hydroxyl groups is 1. The molecule has 3 atom stereocenters. The van der Waals surface area contributed by atoms with Crippen LogP contribution in [0.15, 0.2) is 122 Å². The zero-order chi connectivity index (χ0) is 61.2. The molecule has 0 spiro atoms. The highest BCUT2D eigenvalue weighted by Gasteiger charge is 2.23. The van der Waals surface area contributed by atoms with Crippen LogP contribution in [0.4, 0.5) is 0 Å². The molecule has 0 fully saturated rings. The molecule has 0 aromatic carbocycles. The lowest BCUT2D eigenvalue weighted by molar-refractivity contribution is -0.870. The van der Waals surface area contributed by atoms with E-state index in [-0.39, 0.29) is 12.5 Å². The van der Waals surface area contributed by atoms with Crippen molar-refractivity contribution in [1.82, 2.24) is 5.32 Å². The van der Waals surface area contributed by atoms with Crippen molar-refractivity contribution in [3.05, 3.63) is 122 Å². The lowest BCUT2D eigenvalue weighted by atomic mass is 10.0. The number of likely N-dealkylation sites (N-methyl/N-ethyl adjacent to an activating group) is 1. The van der Waals surface area contributed by atoms with Crippen molar-refractivity contribution in [2.24, 2.45) is 0 Å². The summed E-state index contributed by atoms with van der Waals surface area (Å²) in [4.78, 5) is 25.6. The average Bonchev–Trinajstić information content (AvgIpc) is 3.56. The summed E-state index contributed by atoms with van der Waals surface area (Å²) in [7, 11) is 1.24. The number of aliphatic hydroxyl groups excluding tert-OH is 1. The molecule has 3 unspecified atom stereocenters. The summed E-state index contributed by atoms with van der Waals surface area (Å²) in [5.41, 5.74) is 0. The Morgan fingerprint density at radius 3 is 1.06 bits per heavy atom. The molecule has 0 bridgehead atoms. The van der Waals surface area contributed by atoms with Crippen LogP contribution in [-0.4, -0.2) is 68.5 Å². The number of amides is 1. The van der Waals surface area contributed by atoms with Gasteiger partial charge in [0.1, 0.15) is 13.2 Å². The molecule has 0 aliphatic rings. The zero-order valence-electron chi connectivity index (χ0n) is 55.3. The molecule has 0 aliphatic carbocycles. The largest absolute Gasteiger partial charge is 0.756 e. The number of allylic oxidation sites excluding steroid dienone is 19. The van der Waals surface area contributed by atoms with Gasteiger partial charge in [0.05, 0.1) is 39.9 Å². The molecule has 0 rings (SSSR count). The van der Waals surface area contributed by atoms with Gasteiger partial charge in [-0.05, 0) is 89.9 Å². The number of phosphoric acid groups is 1. The first kappa shape index (κ1) is 80.9. The standard InChI is InChI=1S/C75H133N2O6P/c1-6-8-10-12-14-16-18-20-22-24-26-28-30-32-34-36-37-38-39-41-43-45-47-49-51-53-55-57-59-61-63-65-67-69-75(79)76-73(72-83-84(80,81)82-71-70-77(3,4)5)74(78)68-66-64-62-60-58-56-54-52-50-48-46-44-42-40-35-33-31-29-27-25-23-21-19-17-15-13-11-9-7-2/h8,10,14,16,20,22,26,28,32,34,37-38,41,43,47,49,53,55,66,68,73-74,78H,6-7,9,11-13,15,17-19,21,23-25,27,29-31,33,35-36,39-40,42,44-46,48,50-52,54,56-65,67,69-72H2,1-5H3,(H-,76,79,80,81)/b10-8-,16-14-,22-20-,28-26-,34-32-,38-37-,43-41-,49-47-,55-53-,68-66+. The van der Waals surface area contributed by atoms with Gasteiger partial charge < -0.3 is 28.8 Å². The Morgan fingerprint density at radius 1 is 0.429 bits per heavy atom. The smallest absolute Gasteiger partial charge is 0.268 e. The number of unbranched alkanes of at least 4 members (excludes halogenated alkanes) is 32. The van der Waals surface area contributed by atoms with Gasteiger partial charge in [0.15, 0.2) is 0 Å². The van der Waals surface area contributed by atoms with Gasteiger partial charge in [-0.3, -0.25) is 9.36 Å². The van der Waals surface area contributed by atoms with E-state index in [0.717, 1.165) is 116 Å². The van der Waals surface area contributed by atoms with E-state index in [2.05, 4.69) is 129 Å². The maximum absolute atomic E-state index is 13.0. The molecule has 0 aromatic rings. The summed E-state index contributed by atoms with van der Waals surface area (Å²) in [5.74, 6) is -0.218. The Kier molecular flexibility index (Phi) is 62.0. The van der Waals surface area contributed by atoms with Crippen molar-refractivity contribution in [2.45, 2.75) is 309 Å². The Bertz CT molecular complexity index is 1780. The Labute approximate surface area is 520 Å². The molecular weight excluding hydrogens is 1060 g/mol. The Morgan fingerprint density at radius 2 is 0.726 bits per heavy atom. The van der Waals surface area contributed by atoms with E-state index >= 15 is 0 Å². The minimum absolute atomic E-state index is 0.0111. The minimum atomic E-state index is -4.62. The van der Waals surface area contributed by atoms with Gasteiger partial charge in [-0.2, -0.15) is 0 Å². The van der Waals surface area contributed by atoms with Crippen molar-refractivity contribution in [1.29, 1.82) is 0 Å². The van der Waals surface area contributed by atoms with Crippen LogP contribution in [0, 0.1) is 0 Å². The molecule has 84 heavy (non-hydrogen) atoms. The average molecular weight is 1190 g/mol. The normalized spacial score (nSPS) is 14.4. The highest BCUT2D eigenvalue weighted by molar-refractivity contribution is 7.45. The molecule has 0 aromatic heterocycles. The highest BCUT2D eigenvalue weighted by atomic mass is 31.2. The van der Waals surface area contributed by atoms with Crippen LogP contribution in [-0.2, 0) is 18.4 Å². The minimum Gasteiger partial charge on any atom is -0.756 e. The van der Waals surface area contributed by atoms with Crippen LogP contribution in [0.3, 0.4) is 0 Å². The fourth-order valence-electron chi connectivity index (χ4n) is 9.80. The lowest BCUT2D eigenvalue weighted by Crippen LogP contribution is -2.45. The Hall–Kier alpha value is -3.10. The monoisotopic (exact) mass is 1190 g/mol. The van der Waals surface area contributed by atoms with Gasteiger partial charge in [0, 0.05) is 6.42 Å². The van der Waals surface area contributed by atoms with E-state index in [1.54, 1.807) is 6.08 Å². The second-order valence-corrected chi connectivity index (χ2v) is 25.9. The molecule has 0 aliphatic heterocycles. The number of nitrogens with zero attached hydrogens (tertiary/aromatic N) is 1. The molecule has 8 nitrogen and oxygen atoms in total. The van der Waals surface area contributed by atoms with Crippen molar-refractivity contribution < 1.29 is 32.9 Å². The molecule has 9 heteroatoms.